The van der Waals surface area contributed by atoms with Crippen LogP contribution in [0.5, 0.6) is 0 Å². The van der Waals surface area contributed by atoms with E-state index >= 15 is 0 Å². The molecule has 1 amide bonds. The van der Waals surface area contributed by atoms with Gasteiger partial charge in [0.15, 0.2) is 5.96 Å². The smallest absolute Gasteiger partial charge is 0.241 e. The molecule has 0 aliphatic carbocycles. The van der Waals surface area contributed by atoms with Gasteiger partial charge in [0.05, 0.1) is 13.1 Å². The molecule has 0 atom stereocenters. The number of para-hydroxylation sites is 1. The minimum absolute atomic E-state index is 0.121. The maximum Gasteiger partial charge on any atom is 0.241 e. The zero-order chi connectivity index (χ0) is 16.9. The Balaban J connectivity index is 1.55. The van der Waals surface area contributed by atoms with E-state index in [1.165, 1.54) is 0 Å². The fourth-order valence-electron chi connectivity index (χ4n) is 3.02. The molecular weight excluding hydrogens is 304 g/mol. The van der Waals surface area contributed by atoms with Gasteiger partial charge in [-0.2, -0.15) is 0 Å². The predicted octanol–water partition coefficient (Wildman–Crippen LogP) is 2.03. The third-order valence-corrected chi connectivity index (χ3v) is 4.45. The van der Waals surface area contributed by atoms with Crippen molar-refractivity contribution >= 4 is 22.8 Å². The van der Waals surface area contributed by atoms with E-state index in [0.717, 1.165) is 48.2 Å². The number of hydrogen-bond acceptors (Lipinski definition) is 3. The molecule has 6 heteroatoms. The van der Waals surface area contributed by atoms with Crippen molar-refractivity contribution in [2.75, 3.05) is 26.7 Å². The molecule has 0 unspecified atom stereocenters. The first-order valence-corrected chi connectivity index (χ1v) is 8.38. The molecule has 128 valence electrons. The number of amides is 1. The van der Waals surface area contributed by atoms with E-state index in [-0.39, 0.29) is 12.5 Å². The Morgan fingerprint density at radius 3 is 2.71 bits per heavy atom. The number of rotatable bonds is 4. The number of benzene rings is 1. The summed E-state index contributed by atoms with van der Waals surface area (Å²) in [7, 11) is 1.70. The van der Waals surface area contributed by atoms with E-state index < -0.39 is 0 Å². The van der Waals surface area contributed by atoms with Crippen LogP contribution in [0.3, 0.4) is 0 Å². The van der Waals surface area contributed by atoms with Gasteiger partial charge in [0, 0.05) is 31.1 Å². The van der Waals surface area contributed by atoms with Gasteiger partial charge >= 0.3 is 0 Å². The molecule has 6 nitrogen and oxygen atoms in total. The summed E-state index contributed by atoms with van der Waals surface area (Å²) in [4.78, 5) is 18.1. The number of hydrogen-bond donors (Lipinski definition) is 2. The molecule has 0 radical (unpaired) electrons. The maximum absolute atomic E-state index is 12.1. The summed E-state index contributed by atoms with van der Waals surface area (Å²) < 4.78 is 5.88. The summed E-state index contributed by atoms with van der Waals surface area (Å²) in [6.45, 7) is 4.57. The van der Waals surface area contributed by atoms with E-state index in [9.17, 15) is 4.79 Å². The van der Waals surface area contributed by atoms with Gasteiger partial charge in [-0.15, -0.1) is 0 Å². The highest BCUT2D eigenvalue weighted by molar-refractivity contribution is 5.87. The van der Waals surface area contributed by atoms with Crippen molar-refractivity contribution in [2.24, 2.45) is 4.99 Å². The highest BCUT2D eigenvalue weighted by atomic mass is 16.3. The normalized spacial score (nSPS) is 15.1. The van der Waals surface area contributed by atoms with Gasteiger partial charge < -0.3 is 20.0 Å². The van der Waals surface area contributed by atoms with Crippen LogP contribution < -0.4 is 10.6 Å². The summed E-state index contributed by atoms with van der Waals surface area (Å²) in [5.41, 5.74) is 2.01. The van der Waals surface area contributed by atoms with Crippen LogP contribution in [-0.2, 0) is 11.3 Å². The number of furan rings is 1. The van der Waals surface area contributed by atoms with Crippen molar-refractivity contribution in [2.45, 2.75) is 26.3 Å². The number of guanidine groups is 1. The predicted molar refractivity (Wildman–Crippen MR) is 95.0 cm³/mol. The second kappa shape index (κ2) is 7.38. The minimum Gasteiger partial charge on any atom is -0.459 e. The highest BCUT2D eigenvalue weighted by Crippen LogP contribution is 2.24. The standard InChI is InChI=1S/C18H24N4O2/c1-13-14-7-3-4-8-15(14)24-16(13)11-20-18(19-2)21-12-17(23)22-9-5-6-10-22/h3-4,7-8H,5-6,9-12H2,1-2H3,(H2,19,20,21). The lowest BCUT2D eigenvalue weighted by Gasteiger charge is -2.17. The van der Waals surface area contributed by atoms with Gasteiger partial charge in [-0.1, -0.05) is 18.2 Å². The lowest BCUT2D eigenvalue weighted by molar-refractivity contribution is -0.128. The van der Waals surface area contributed by atoms with Gasteiger partial charge in [0.25, 0.3) is 0 Å². The Bertz CT molecular complexity index is 745. The average molecular weight is 328 g/mol. The van der Waals surface area contributed by atoms with Crippen LogP contribution in [0.4, 0.5) is 0 Å². The number of nitrogens with one attached hydrogen (secondary N) is 2. The summed E-state index contributed by atoms with van der Waals surface area (Å²) in [5.74, 6) is 1.60. The Morgan fingerprint density at radius 1 is 1.25 bits per heavy atom. The molecule has 24 heavy (non-hydrogen) atoms. The van der Waals surface area contributed by atoms with Gasteiger partial charge in [-0.05, 0) is 25.8 Å². The fraction of sp³-hybridized carbons (Fsp3) is 0.444. The minimum atomic E-state index is 0.121. The van der Waals surface area contributed by atoms with Crippen molar-refractivity contribution in [3.63, 3.8) is 0 Å². The SMILES string of the molecule is CN=C(NCC(=O)N1CCCC1)NCc1oc2ccccc2c1C. The van der Waals surface area contributed by atoms with Gasteiger partial charge in [-0.3, -0.25) is 9.79 Å². The van der Waals surface area contributed by atoms with Crippen molar-refractivity contribution in [3.05, 3.63) is 35.6 Å². The molecule has 1 aromatic heterocycles. The van der Waals surface area contributed by atoms with Crippen molar-refractivity contribution in [1.29, 1.82) is 0 Å². The largest absolute Gasteiger partial charge is 0.459 e. The van der Waals surface area contributed by atoms with Crippen LogP contribution in [0.1, 0.15) is 24.2 Å². The molecule has 2 aromatic rings. The first-order valence-electron chi connectivity index (χ1n) is 8.38. The van der Waals surface area contributed by atoms with Gasteiger partial charge in [0.2, 0.25) is 5.91 Å². The van der Waals surface area contributed by atoms with Gasteiger partial charge in [-0.25, -0.2) is 0 Å². The van der Waals surface area contributed by atoms with Crippen LogP contribution in [0.15, 0.2) is 33.7 Å². The number of aliphatic imine (C=N–C) groups is 1. The molecular formula is C18H24N4O2. The molecule has 1 aliphatic heterocycles. The third kappa shape index (κ3) is 3.53. The zero-order valence-corrected chi connectivity index (χ0v) is 14.3. The summed E-state index contributed by atoms with van der Waals surface area (Å²) in [6.07, 6.45) is 2.20. The van der Waals surface area contributed by atoms with E-state index in [0.29, 0.717) is 12.5 Å². The molecule has 0 bridgehead atoms. The monoisotopic (exact) mass is 328 g/mol. The molecule has 3 rings (SSSR count). The molecule has 1 fully saturated rings. The van der Waals surface area contributed by atoms with E-state index in [2.05, 4.69) is 28.6 Å². The van der Waals surface area contributed by atoms with Crippen molar-refractivity contribution in [3.8, 4) is 0 Å². The zero-order valence-electron chi connectivity index (χ0n) is 14.3. The second-order valence-electron chi connectivity index (χ2n) is 6.01. The number of carbonyl (C=O) groups excluding carboxylic acids is 1. The Labute approximate surface area is 141 Å². The molecule has 0 saturated carbocycles. The second-order valence-corrected chi connectivity index (χ2v) is 6.01. The van der Waals surface area contributed by atoms with E-state index in [1.807, 2.05) is 23.1 Å². The first kappa shape index (κ1) is 16.4. The average Bonchev–Trinajstić information content (AvgIpc) is 3.24. The van der Waals surface area contributed by atoms with Crippen LogP contribution in [0.25, 0.3) is 11.0 Å². The van der Waals surface area contributed by atoms with E-state index in [4.69, 9.17) is 4.42 Å². The summed E-state index contributed by atoms with van der Waals surface area (Å²) >= 11 is 0. The van der Waals surface area contributed by atoms with Gasteiger partial charge in [0.1, 0.15) is 11.3 Å². The Hall–Kier alpha value is -2.50. The lowest BCUT2D eigenvalue weighted by Crippen LogP contribution is -2.43. The van der Waals surface area contributed by atoms with Crippen LogP contribution in [-0.4, -0.2) is 43.4 Å². The quantitative estimate of drug-likeness (QED) is 0.665. The summed E-state index contributed by atoms with van der Waals surface area (Å²) in [5, 5.41) is 7.41. The molecule has 0 spiro atoms. The van der Waals surface area contributed by atoms with Crippen LogP contribution in [0, 0.1) is 6.92 Å². The first-order chi connectivity index (χ1) is 11.7. The Kier molecular flexibility index (Phi) is 5.03. The number of nitrogens with zero attached hydrogens (tertiary/aromatic N) is 2. The van der Waals surface area contributed by atoms with E-state index in [1.54, 1.807) is 7.05 Å². The number of carbonyl (C=O) groups is 1. The lowest BCUT2D eigenvalue weighted by atomic mass is 10.1. The Morgan fingerprint density at radius 2 is 2.00 bits per heavy atom. The summed E-state index contributed by atoms with van der Waals surface area (Å²) in [6, 6.07) is 7.99. The maximum atomic E-state index is 12.1. The number of likely N-dealkylation sites (tertiary alicyclic amines) is 1. The fourth-order valence-corrected chi connectivity index (χ4v) is 3.02. The number of aryl methyl sites for hydroxylation is 1. The van der Waals surface area contributed by atoms with Crippen LogP contribution >= 0.6 is 0 Å². The molecule has 2 heterocycles. The molecule has 1 saturated heterocycles. The van der Waals surface area contributed by atoms with Crippen LogP contribution in [0.2, 0.25) is 0 Å². The number of fused-ring (bicyclic) bond motifs is 1. The molecule has 1 aliphatic rings. The third-order valence-electron chi connectivity index (χ3n) is 4.45. The molecule has 2 N–H and O–H groups in total. The topological polar surface area (TPSA) is 69.9 Å². The van der Waals surface area contributed by atoms with Crippen molar-refractivity contribution in [1.82, 2.24) is 15.5 Å². The molecule has 1 aromatic carbocycles. The highest BCUT2D eigenvalue weighted by Gasteiger charge is 2.18. The van der Waals surface area contributed by atoms with Crippen molar-refractivity contribution < 1.29 is 9.21 Å².